The van der Waals surface area contributed by atoms with Crippen molar-refractivity contribution in [3.63, 3.8) is 0 Å². The molecule has 2 atom stereocenters. The van der Waals surface area contributed by atoms with Crippen molar-refractivity contribution in [2.24, 2.45) is 5.92 Å². The molecule has 0 radical (unpaired) electrons. The zero-order valence-electron chi connectivity index (χ0n) is 9.06. The lowest BCUT2D eigenvalue weighted by molar-refractivity contribution is -0.218. The average Bonchev–Trinajstić information content (AvgIpc) is 2.21. The highest BCUT2D eigenvalue weighted by Crippen LogP contribution is 2.15. The van der Waals surface area contributed by atoms with Crippen LogP contribution in [0.25, 0.3) is 0 Å². The molecule has 0 heterocycles. The van der Waals surface area contributed by atoms with Crippen LogP contribution in [-0.4, -0.2) is 23.5 Å². The molecule has 0 aliphatic rings. The van der Waals surface area contributed by atoms with E-state index in [0.29, 0.717) is 6.42 Å². The largest absolute Gasteiger partial charge is 0.550 e. The maximum atomic E-state index is 10.9. The Morgan fingerprint density at radius 1 is 1.20 bits per heavy atom. The van der Waals surface area contributed by atoms with Gasteiger partial charge in [-0.05, 0) is 12.3 Å². The Kier molecular flexibility index (Phi) is 6.24. The fourth-order valence-corrected chi connectivity index (χ4v) is 1.08. The van der Waals surface area contributed by atoms with Crippen LogP contribution in [0.15, 0.2) is 0 Å². The molecule has 0 rings (SSSR count). The van der Waals surface area contributed by atoms with Crippen molar-refractivity contribution in [3.05, 3.63) is 0 Å². The molecule has 6 nitrogen and oxygen atoms in total. The van der Waals surface area contributed by atoms with Gasteiger partial charge in [-0.15, -0.1) is 0 Å². The summed E-state index contributed by atoms with van der Waals surface area (Å²) < 4.78 is 4.85. The summed E-state index contributed by atoms with van der Waals surface area (Å²) in [6.07, 6.45) is -1.63. The topological polar surface area (TPSA) is 82.1 Å². The fourth-order valence-electron chi connectivity index (χ4n) is 1.08. The van der Waals surface area contributed by atoms with E-state index < -0.39 is 12.3 Å². The molecule has 0 saturated carbocycles. The second-order valence-electron chi connectivity index (χ2n) is 3.13. The van der Waals surface area contributed by atoms with Crippen molar-refractivity contribution in [1.29, 1.82) is 0 Å². The molecule has 0 fully saturated rings. The molecule has 88 valence electrons. The second-order valence-corrected chi connectivity index (χ2v) is 3.13. The minimum atomic E-state index is -1.69. The molecule has 0 aromatic rings. The monoisotopic (exact) mass is 220 g/mol. The molecular weight excluding hydrogens is 204 g/mol. The predicted molar refractivity (Wildman–Crippen MR) is 50.2 cm³/mol. The third kappa shape index (κ3) is 5.77. The third-order valence-electron chi connectivity index (χ3n) is 2.11. The van der Waals surface area contributed by atoms with Crippen molar-refractivity contribution < 1.29 is 29.2 Å². The molecule has 0 bridgehead atoms. The van der Waals surface area contributed by atoms with Crippen LogP contribution in [-0.2, 0) is 14.5 Å². The standard InChI is InChI=1S/C9H16O6/c1-4-6(3)7(5-2)13-9(12)15-14-8(10)11/h6-7H,4-5H2,1-3H3,(H,10,11). The smallest absolute Gasteiger partial charge is 0.447 e. The summed E-state index contributed by atoms with van der Waals surface area (Å²) in [6, 6.07) is 0. The lowest BCUT2D eigenvalue weighted by Crippen LogP contribution is -2.25. The first-order valence-corrected chi connectivity index (χ1v) is 4.79. The lowest BCUT2D eigenvalue weighted by atomic mass is 10.00. The Balaban J connectivity index is 3.96. The zero-order chi connectivity index (χ0) is 11.8. The molecule has 6 heteroatoms. The van der Waals surface area contributed by atoms with Crippen LogP contribution in [0.5, 0.6) is 0 Å². The Hall–Kier alpha value is -1.46. The Morgan fingerprint density at radius 2 is 1.80 bits per heavy atom. The predicted octanol–water partition coefficient (Wildman–Crippen LogP) is 2.57. The van der Waals surface area contributed by atoms with Crippen LogP contribution < -0.4 is 0 Å². The van der Waals surface area contributed by atoms with Crippen LogP contribution in [0.2, 0.25) is 0 Å². The molecule has 1 N–H and O–H groups in total. The van der Waals surface area contributed by atoms with Gasteiger partial charge in [-0.1, -0.05) is 27.2 Å². The number of hydrogen-bond acceptors (Lipinski definition) is 5. The van der Waals surface area contributed by atoms with E-state index in [2.05, 4.69) is 9.78 Å². The number of ether oxygens (including phenoxy) is 1. The molecule has 2 unspecified atom stereocenters. The number of rotatable bonds is 4. The number of carbonyl (C=O) groups is 2. The molecular formula is C9H16O6. The van der Waals surface area contributed by atoms with E-state index in [4.69, 9.17) is 9.84 Å². The first-order valence-electron chi connectivity index (χ1n) is 4.79. The summed E-state index contributed by atoms with van der Waals surface area (Å²) in [5.74, 6) is 0.187. The van der Waals surface area contributed by atoms with Gasteiger partial charge in [0.25, 0.3) is 0 Å². The van der Waals surface area contributed by atoms with Gasteiger partial charge < -0.3 is 9.84 Å². The van der Waals surface area contributed by atoms with E-state index in [1.807, 2.05) is 20.8 Å². The zero-order valence-corrected chi connectivity index (χ0v) is 9.06. The van der Waals surface area contributed by atoms with Crippen molar-refractivity contribution in [2.45, 2.75) is 39.7 Å². The van der Waals surface area contributed by atoms with Gasteiger partial charge in [0, 0.05) is 0 Å². The van der Waals surface area contributed by atoms with E-state index in [9.17, 15) is 9.59 Å². The summed E-state index contributed by atoms with van der Waals surface area (Å²) in [7, 11) is 0. The van der Waals surface area contributed by atoms with E-state index in [1.165, 1.54) is 0 Å². The second kappa shape index (κ2) is 6.92. The van der Waals surface area contributed by atoms with Gasteiger partial charge in [-0.2, -0.15) is 9.68 Å². The van der Waals surface area contributed by atoms with Crippen LogP contribution >= 0.6 is 0 Å². The summed E-state index contributed by atoms with van der Waals surface area (Å²) in [5.41, 5.74) is 0. The van der Waals surface area contributed by atoms with Gasteiger partial charge >= 0.3 is 12.3 Å². The fraction of sp³-hybridized carbons (Fsp3) is 0.778. The van der Waals surface area contributed by atoms with Gasteiger partial charge in [0.05, 0.1) is 0 Å². The van der Waals surface area contributed by atoms with Crippen LogP contribution in [0, 0.1) is 5.92 Å². The van der Waals surface area contributed by atoms with E-state index in [-0.39, 0.29) is 12.0 Å². The Bertz CT molecular complexity index is 215. The molecule has 0 spiro atoms. The average molecular weight is 220 g/mol. The van der Waals surface area contributed by atoms with E-state index >= 15 is 0 Å². The Labute approximate surface area is 88.0 Å². The number of hydrogen-bond donors (Lipinski definition) is 1. The molecule has 0 amide bonds. The summed E-state index contributed by atoms with van der Waals surface area (Å²) in [5, 5.41) is 8.05. The van der Waals surface area contributed by atoms with Gasteiger partial charge in [-0.3, -0.25) is 0 Å². The van der Waals surface area contributed by atoms with Gasteiger partial charge in [0.2, 0.25) is 0 Å². The van der Waals surface area contributed by atoms with Gasteiger partial charge in [-0.25, -0.2) is 9.68 Å². The summed E-state index contributed by atoms with van der Waals surface area (Å²) >= 11 is 0. The highest BCUT2D eigenvalue weighted by Gasteiger charge is 2.20. The van der Waals surface area contributed by atoms with Gasteiger partial charge in [0.15, 0.2) is 0 Å². The molecule has 0 saturated heterocycles. The normalized spacial score (nSPS) is 13.8. The molecule has 0 aliphatic carbocycles. The highest BCUT2D eigenvalue weighted by atomic mass is 17.3. The first kappa shape index (κ1) is 13.5. The SMILES string of the molecule is CCC(C)C(CC)OC(=O)OOC(=O)O. The van der Waals surface area contributed by atoms with Crippen molar-refractivity contribution in [2.75, 3.05) is 0 Å². The number of carbonyl (C=O) groups excluding carboxylic acids is 1. The number of carboxylic acid groups (broad SMARTS) is 1. The van der Waals surface area contributed by atoms with Crippen molar-refractivity contribution in [1.82, 2.24) is 0 Å². The van der Waals surface area contributed by atoms with E-state index in [0.717, 1.165) is 6.42 Å². The summed E-state index contributed by atoms with van der Waals surface area (Å²) in [6.45, 7) is 5.76. The molecule has 0 aliphatic heterocycles. The first-order chi connectivity index (χ1) is 7.01. The van der Waals surface area contributed by atoms with Gasteiger partial charge in [0.1, 0.15) is 6.10 Å². The maximum Gasteiger partial charge on any atom is 0.550 e. The highest BCUT2D eigenvalue weighted by molar-refractivity contribution is 5.62. The molecule has 0 aromatic heterocycles. The molecule has 0 aromatic carbocycles. The minimum absolute atomic E-state index is 0.187. The van der Waals surface area contributed by atoms with Crippen LogP contribution in [0.4, 0.5) is 9.59 Å². The van der Waals surface area contributed by atoms with Crippen LogP contribution in [0.1, 0.15) is 33.6 Å². The summed E-state index contributed by atoms with van der Waals surface area (Å²) in [4.78, 5) is 28.3. The Morgan fingerprint density at radius 3 is 2.20 bits per heavy atom. The molecule has 15 heavy (non-hydrogen) atoms. The maximum absolute atomic E-state index is 10.9. The lowest BCUT2D eigenvalue weighted by Gasteiger charge is -2.20. The van der Waals surface area contributed by atoms with Crippen LogP contribution in [0.3, 0.4) is 0 Å². The van der Waals surface area contributed by atoms with Crippen molar-refractivity contribution in [3.8, 4) is 0 Å². The quantitative estimate of drug-likeness (QED) is 0.445. The minimum Gasteiger partial charge on any atom is -0.447 e. The third-order valence-corrected chi connectivity index (χ3v) is 2.11. The van der Waals surface area contributed by atoms with E-state index in [1.54, 1.807) is 0 Å². The van der Waals surface area contributed by atoms with Crippen molar-refractivity contribution >= 4 is 12.3 Å².